The maximum atomic E-state index is 13.5. The molecule has 0 amide bonds. The van der Waals surface area contributed by atoms with Gasteiger partial charge in [0.15, 0.2) is 6.29 Å². The predicted molar refractivity (Wildman–Crippen MR) is 122 cm³/mol. The minimum absolute atomic E-state index is 0.0210. The van der Waals surface area contributed by atoms with Crippen molar-refractivity contribution in [2.45, 2.75) is 84.1 Å². The molecule has 5 fully saturated rings. The third-order valence-electron chi connectivity index (χ3n) is 10.9. The number of carboxylic acids is 1. The van der Waals surface area contributed by atoms with Gasteiger partial charge in [0.05, 0.1) is 18.1 Å². The Hall–Kier alpha value is -1.28. The molecule has 2 saturated heterocycles. The average Bonchev–Trinajstić information content (AvgIpc) is 3.39. The van der Waals surface area contributed by atoms with Gasteiger partial charge in [-0.3, -0.25) is 4.79 Å². The highest BCUT2D eigenvalue weighted by Crippen LogP contribution is 2.82. The molecule has 7 nitrogen and oxygen atoms in total. The van der Waals surface area contributed by atoms with E-state index in [0.717, 1.165) is 31.1 Å². The largest absolute Gasteiger partial charge is 0.481 e. The van der Waals surface area contributed by atoms with Gasteiger partial charge in [0.25, 0.3) is 0 Å². The normalized spacial score (nSPS) is 54.5. The standard InChI is InChI=1S/C27H38O7/c1-13(2)19-8-16-9-25(11-28)18-7-6-14(3)17(18)10-26(16,27(19,25)24(29)30)12-32-23-22-21(34-22)20(31-5)15(4)33-23/h8,11,13-18,20-23H,6-7,9-10,12H2,1-5H3,(H,29,30)/t14-,15-,16+,17-,18-,20-,21+,22+,23+,25+,26+,27+/m1/s1. The van der Waals surface area contributed by atoms with Crippen LogP contribution in [0.4, 0.5) is 0 Å². The Kier molecular flexibility index (Phi) is 5.02. The number of ether oxygens (including phenoxy) is 4. The van der Waals surface area contributed by atoms with E-state index in [1.54, 1.807) is 7.11 Å². The lowest BCUT2D eigenvalue weighted by Gasteiger charge is -2.58. The van der Waals surface area contributed by atoms with Crippen LogP contribution in [0.15, 0.2) is 11.6 Å². The first kappa shape index (κ1) is 23.1. The van der Waals surface area contributed by atoms with E-state index in [2.05, 4.69) is 26.8 Å². The summed E-state index contributed by atoms with van der Waals surface area (Å²) in [5.74, 6) is 0.188. The molecule has 3 saturated carbocycles. The second kappa shape index (κ2) is 7.37. The molecule has 4 aliphatic carbocycles. The van der Waals surface area contributed by atoms with Crippen LogP contribution in [0, 0.1) is 45.8 Å². The highest BCUT2D eigenvalue weighted by Gasteiger charge is 2.84. The summed E-state index contributed by atoms with van der Waals surface area (Å²) in [6.45, 7) is 8.63. The van der Waals surface area contributed by atoms with Crippen LogP contribution in [-0.2, 0) is 28.5 Å². The van der Waals surface area contributed by atoms with Gasteiger partial charge in [0.2, 0.25) is 0 Å². The lowest BCUT2D eigenvalue weighted by Crippen LogP contribution is -2.63. The number of methoxy groups -OCH3 is 1. The molecule has 2 aliphatic heterocycles. The summed E-state index contributed by atoms with van der Waals surface area (Å²) >= 11 is 0. The lowest BCUT2D eigenvalue weighted by atomic mass is 9.43. The van der Waals surface area contributed by atoms with Crippen molar-refractivity contribution in [1.29, 1.82) is 0 Å². The summed E-state index contributed by atoms with van der Waals surface area (Å²) in [5.41, 5.74) is -1.79. The number of epoxide rings is 1. The van der Waals surface area contributed by atoms with Crippen molar-refractivity contribution in [1.82, 2.24) is 0 Å². The van der Waals surface area contributed by atoms with Crippen molar-refractivity contribution in [2.75, 3.05) is 13.7 Å². The third kappa shape index (κ3) is 2.47. The zero-order valence-corrected chi connectivity index (χ0v) is 20.9. The van der Waals surface area contributed by atoms with Gasteiger partial charge in [0.1, 0.15) is 30.0 Å². The molecule has 0 unspecified atom stereocenters. The topological polar surface area (TPSA) is 94.6 Å². The highest BCUT2D eigenvalue weighted by molar-refractivity contribution is 5.90. The molecule has 2 heterocycles. The molecule has 34 heavy (non-hydrogen) atoms. The Morgan fingerprint density at radius 3 is 2.65 bits per heavy atom. The second-order valence-electron chi connectivity index (χ2n) is 12.3. The Morgan fingerprint density at radius 1 is 1.24 bits per heavy atom. The number of carboxylic acid groups (broad SMARTS) is 1. The maximum absolute atomic E-state index is 13.5. The molecule has 0 spiro atoms. The van der Waals surface area contributed by atoms with E-state index >= 15 is 0 Å². The minimum atomic E-state index is -1.22. The molecule has 12 atom stereocenters. The smallest absolute Gasteiger partial charge is 0.315 e. The van der Waals surface area contributed by atoms with E-state index in [0.29, 0.717) is 18.3 Å². The first-order valence-corrected chi connectivity index (χ1v) is 13.1. The van der Waals surface area contributed by atoms with Gasteiger partial charge in [-0.05, 0) is 55.8 Å². The molecule has 6 rings (SSSR count). The van der Waals surface area contributed by atoms with Crippen molar-refractivity contribution in [3.63, 3.8) is 0 Å². The van der Waals surface area contributed by atoms with Gasteiger partial charge < -0.3 is 28.8 Å². The van der Waals surface area contributed by atoms with Gasteiger partial charge >= 0.3 is 5.97 Å². The van der Waals surface area contributed by atoms with Crippen LogP contribution in [0.5, 0.6) is 0 Å². The summed E-state index contributed by atoms with van der Waals surface area (Å²) in [5, 5.41) is 11.0. The highest BCUT2D eigenvalue weighted by atomic mass is 16.7. The fraction of sp³-hybridized carbons (Fsp3) is 0.852. The zero-order chi connectivity index (χ0) is 24.2. The van der Waals surface area contributed by atoms with E-state index in [-0.39, 0.29) is 48.8 Å². The number of carbonyl (C=O) groups is 2. The van der Waals surface area contributed by atoms with Crippen LogP contribution in [0.1, 0.15) is 53.4 Å². The number of fused-ring (bicyclic) bond motifs is 3. The number of rotatable bonds is 7. The molecule has 0 aromatic heterocycles. The van der Waals surface area contributed by atoms with Gasteiger partial charge in [-0.25, -0.2) is 0 Å². The summed E-state index contributed by atoms with van der Waals surface area (Å²) in [7, 11) is 1.66. The summed E-state index contributed by atoms with van der Waals surface area (Å²) in [4.78, 5) is 26.6. The quantitative estimate of drug-likeness (QED) is 0.343. The fourth-order valence-corrected chi connectivity index (χ4v) is 9.58. The molecular formula is C27H38O7. The Morgan fingerprint density at radius 2 is 2.00 bits per heavy atom. The molecular weight excluding hydrogens is 436 g/mol. The molecule has 1 N–H and O–H groups in total. The molecule has 0 radical (unpaired) electrons. The molecule has 6 aliphatic rings. The van der Waals surface area contributed by atoms with Gasteiger partial charge in [-0.2, -0.15) is 0 Å². The van der Waals surface area contributed by atoms with Crippen LogP contribution >= 0.6 is 0 Å². The van der Waals surface area contributed by atoms with Crippen molar-refractivity contribution in [3.8, 4) is 0 Å². The van der Waals surface area contributed by atoms with E-state index in [9.17, 15) is 14.7 Å². The monoisotopic (exact) mass is 474 g/mol. The lowest BCUT2D eigenvalue weighted by molar-refractivity contribution is -0.237. The van der Waals surface area contributed by atoms with Crippen LogP contribution in [0.25, 0.3) is 0 Å². The Bertz CT molecular complexity index is 928. The summed E-state index contributed by atoms with van der Waals surface area (Å²) < 4.78 is 24.0. The van der Waals surface area contributed by atoms with Crippen molar-refractivity contribution >= 4 is 12.3 Å². The maximum Gasteiger partial charge on any atom is 0.315 e. The van der Waals surface area contributed by atoms with Crippen LogP contribution < -0.4 is 0 Å². The van der Waals surface area contributed by atoms with Gasteiger partial charge in [-0.15, -0.1) is 0 Å². The SMILES string of the molecule is CO[C@H]1[C@@H]2O[C@@H]2[C@@H](OC[C@@]23C[C@@H]4[C@H](C)CC[C@H]4[C@@]4(C=O)C[C@@H]2C=C(C(C)C)[C@@]34C(=O)O)O[C@@H]1C. The van der Waals surface area contributed by atoms with E-state index in [1.807, 2.05) is 6.92 Å². The molecule has 0 aromatic rings. The number of allylic oxidation sites excluding steroid dienone is 1. The van der Waals surface area contributed by atoms with E-state index < -0.39 is 28.5 Å². The van der Waals surface area contributed by atoms with Crippen LogP contribution in [-0.4, -0.2) is 61.8 Å². The first-order chi connectivity index (χ1) is 16.2. The predicted octanol–water partition coefficient (Wildman–Crippen LogP) is 3.45. The molecule has 0 aromatic carbocycles. The Labute approximate surface area is 201 Å². The molecule has 188 valence electrons. The first-order valence-electron chi connectivity index (χ1n) is 13.1. The van der Waals surface area contributed by atoms with Crippen LogP contribution in [0.3, 0.4) is 0 Å². The molecule has 7 heteroatoms. The average molecular weight is 475 g/mol. The van der Waals surface area contributed by atoms with Crippen molar-refractivity contribution in [2.24, 2.45) is 45.8 Å². The number of hydrogen-bond donors (Lipinski definition) is 1. The van der Waals surface area contributed by atoms with Gasteiger partial charge in [-0.1, -0.05) is 38.8 Å². The summed E-state index contributed by atoms with van der Waals surface area (Å²) in [6.07, 6.45) is 5.59. The number of hydrogen-bond acceptors (Lipinski definition) is 6. The number of carbonyl (C=O) groups excluding carboxylic acids is 1. The number of aliphatic carboxylic acids is 1. The van der Waals surface area contributed by atoms with E-state index in [1.165, 1.54) is 0 Å². The van der Waals surface area contributed by atoms with Crippen LogP contribution in [0.2, 0.25) is 0 Å². The Balaban J connectivity index is 1.40. The minimum Gasteiger partial charge on any atom is -0.481 e. The number of aldehydes is 1. The van der Waals surface area contributed by atoms with E-state index in [4.69, 9.17) is 18.9 Å². The van der Waals surface area contributed by atoms with Crippen molar-refractivity contribution in [3.05, 3.63) is 11.6 Å². The second-order valence-corrected chi connectivity index (χ2v) is 12.3. The fourth-order valence-electron chi connectivity index (χ4n) is 9.58. The zero-order valence-electron chi connectivity index (χ0n) is 20.9. The molecule has 4 bridgehead atoms. The summed E-state index contributed by atoms with van der Waals surface area (Å²) in [6, 6.07) is 0. The van der Waals surface area contributed by atoms with Gasteiger partial charge in [0, 0.05) is 12.5 Å². The third-order valence-corrected chi connectivity index (χ3v) is 10.9. The van der Waals surface area contributed by atoms with Crippen molar-refractivity contribution < 1.29 is 33.6 Å².